The van der Waals surface area contributed by atoms with Crippen molar-refractivity contribution < 1.29 is 23.9 Å². The van der Waals surface area contributed by atoms with Crippen molar-refractivity contribution in [3.8, 4) is 17.6 Å². The van der Waals surface area contributed by atoms with E-state index in [1.807, 2.05) is 6.07 Å². The molecule has 7 nitrogen and oxygen atoms in total. The van der Waals surface area contributed by atoms with E-state index in [9.17, 15) is 14.4 Å². The van der Waals surface area contributed by atoms with Crippen LogP contribution in [0.5, 0.6) is 11.5 Å². The van der Waals surface area contributed by atoms with Crippen LogP contribution in [0.25, 0.3) is 0 Å². The minimum atomic E-state index is -0.652. The average Bonchev–Trinajstić information content (AvgIpc) is 2.61. The van der Waals surface area contributed by atoms with E-state index in [0.717, 1.165) is 0 Å². The summed E-state index contributed by atoms with van der Waals surface area (Å²) >= 11 is 0. The standard InChI is InChI=1S/C20H18N2O5/c1-12(2)19(24)22-16-6-4-15(5-7-16)20(25)27-18-9-14(11-21)8-17(10-18)26-13(3)23/h4-10,12H,1-3H3,(H,22,24). The fourth-order valence-corrected chi connectivity index (χ4v) is 2.06. The molecule has 0 aliphatic rings. The number of anilines is 1. The third-order valence-electron chi connectivity index (χ3n) is 3.39. The summed E-state index contributed by atoms with van der Waals surface area (Å²) in [5.74, 6) is -1.31. The number of benzene rings is 2. The van der Waals surface area contributed by atoms with Crippen molar-refractivity contribution in [3.05, 3.63) is 53.6 Å². The molecule has 1 N–H and O–H groups in total. The maximum atomic E-state index is 12.3. The third-order valence-corrected chi connectivity index (χ3v) is 3.39. The number of nitrogens with one attached hydrogen (secondary N) is 1. The Morgan fingerprint density at radius 3 is 2.11 bits per heavy atom. The number of carbonyl (C=O) groups is 3. The van der Waals surface area contributed by atoms with Gasteiger partial charge in [0.2, 0.25) is 5.91 Å². The van der Waals surface area contributed by atoms with Crippen molar-refractivity contribution in [1.82, 2.24) is 0 Å². The van der Waals surface area contributed by atoms with E-state index >= 15 is 0 Å². The Morgan fingerprint density at radius 2 is 1.59 bits per heavy atom. The molecule has 0 aromatic heterocycles. The number of hydrogen-bond donors (Lipinski definition) is 1. The zero-order valence-electron chi connectivity index (χ0n) is 15.1. The molecule has 0 saturated heterocycles. The van der Waals surface area contributed by atoms with E-state index in [2.05, 4.69) is 5.32 Å². The normalized spacial score (nSPS) is 10.0. The quantitative estimate of drug-likeness (QED) is 0.643. The van der Waals surface area contributed by atoms with E-state index in [-0.39, 0.29) is 34.5 Å². The van der Waals surface area contributed by atoms with Crippen LogP contribution in [0.3, 0.4) is 0 Å². The highest BCUT2D eigenvalue weighted by Gasteiger charge is 2.13. The summed E-state index contributed by atoms with van der Waals surface area (Å²) in [5.41, 5.74) is 1.01. The second kappa shape index (κ2) is 8.63. The first-order valence-electron chi connectivity index (χ1n) is 8.15. The molecule has 2 rings (SSSR count). The van der Waals surface area contributed by atoms with Gasteiger partial charge in [0, 0.05) is 24.6 Å². The maximum absolute atomic E-state index is 12.3. The number of nitriles is 1. The lowest BCUT2D eigenvalue weighted by Crippen LogP contribution is -2.17. The molecule has 0 unspecified atom stereocenters. The van der Waals surface area contributed by atoms with Gasteiger partial charge in [-0.1, -0.05) is 13.8 Å². The highest BCUT2D eigenvalue weighted by atomic mass is 16.5. The first-order chi connectivity index (χ1) is 12.8. The largest absolute Gasteiger partial charge is 0.427 e. The number of esters is 2. The van der Waals surface area contributed by atoms with E-state index < -0.39 is 11.9 Å². The molecule has 138 valence electrons. The Bertz CT molecular complexity index is 911. The lowest BCUT2D eigenvalue weighted by molar-refractivity contribution is -0.131. The average molecular weight is 366 g/mol. The van der Waals surface area contributed by atoms with Crippen LogP contribution in [-0.2, 0) is 9.59 Å². The van der Waals surface area contributed by atoms with Crippen molar-refractivity contribution in [2.45, 2.75) is 20.8 Å². The monoisotopic (exact) mass is 366 g/mol. The molecule has 7 heteroatoms. The molecule has 1 amide bonds. The van der Waals surface area contributed by atoms with Crippen LogP contribution < -0.4 is 14.8 Å². The number of hydrogen-bond acceptors (Lipinski definition) is 6. The SMILES string of the molecule is CC(=O)Oc1cc(C#N)cc(OC(=O)c2ccc(NC(=O)C(C)C)cc2)c1. The van der Waals surface area contributed by atoms with E-state index in [4.69, 9.17) is 14.7 Å². The summed E-state index contributed by atoms with van der Waals surface area (Å²) in [6.45, 7) is 4.78. The topological polar surface area (TPSA) is 105 Å². The number of nitrogens with zero attached hydrogens (tertiary/aromatic N) is 1. The van der Waals surface area contributed by atoms with Gasteiger partial charge in [0.05, 0.1) is 17.2 Å². The Kier molecular flexibility index (Phi) is 6.28. The zero-order chi connectivity index (χ0) is 20.0. The van der Waals surface area contributed by atoms with Crippen molar-refractivity contribution in [3.63, 3.8) is 0 Å². The minimum Gasteiger partial charge on any atom is -0.427 e. The molecule has 2 aromatic rings. The highest BCUT2D eigenvalue weighted by molar-refractivity contribution is 5.94. The van der Waals surface area contributed by atoms with Crippen LogP contribution >= 0.6 is 0 Å². The lowest BCUT2D eigenvalue weighted by Gasteiger charge is -2.09. The van der Waals surface area contributed by atoms with Crippen molar-refractivity contribution >= 4 is 23.5 Å². The zero-order valence-corrected chi connectivity index (χ0v) is 15.1. The Hall–Kier alpha value is -3.66. The maximum Gasteiger partial charge on any atom is 0.343 e. The summed E-state index contributed by atoms with van der Waals surface area (Å²) in [6.07, 6.45) is 0. The predicted molar refractivity (Wildman–Crippen MR) is 97.3 cm³/mol. The van der Waals surface area contributed by atoms with Crippen LogP contribution in [-0.4, -0.2) is 17.8 Å². The number of carbonyl (C=O) groups excluding carboxylic acids is 3. The van der Waals surface area contributed by atoms with Crippen molar-refractivity contribution in [1.29, 1.82) is 5.26 Å². The van der Waals surface area contributed by atoms with Gasteiger partial charge in [-0.15, -0.1) is 0 Å². The van der Waals surface area contributed by atoms with Crippen LogP contribution in [0.15, 0.2) is 42.5 Å². The van der Waals surface area contributed by atoms with Gasteiger partial charge in [-0.05, 0) is 36.4 Å². The van der Waals surface area contributed by atoms with Gasteiger partial charge < -0.3 is 14.8 Å². The van der Waals surface area contributed by atoms with Crippen molar-refractivity contribution in [2.75, 3.05) is 5.32 Å². The molecular weight excluding hydrogens is 348 g/mol. The summed E-state index contributed by atoms with van der Waals surface area (Å²) < 4.78 is 10.2. The van der Waals surface area contributed by atoms with E-state index in [0.29, 0.717) is 5.69 Å². The van der Waals surface area contributed by atoms with Crippen LogP contribution in [0.1, 0.15) is 36.7 Å². The van der Waals surface area contributed by atoms with Crippen LogP contribution in [0.2, 0.25) is 0 Å². The Balaban J connectivity index is 2.14. The first kappa shape index (κ1) is 19.7. The molecule has 0 atom stereocenters. The molecule has 0 radical (unpaired) electrons. The fraction of sp³-hybridized carbons (Fsp3) is 0.200. The smallest absolute Gasteiger partial charge is 0.343 e. The fourth-order valence-electron chi connectivity index (χ4n) is 2.06. The lowest BCUT2D eigenvalue weighted by atomic mass is 10.1. The minimum absolute atomic E-state index is 0.0764. The number of ether oxygens (including phenoxy) is 2. The second-order valence-corrected chi connectivity index (χ2v) is 6.01. The van der Waals surface area contributed by atoms with Crippen molar-refractivity contribution in [2.24, 2.45) is 5.92 Å². The molecule has 0 bridgehead atoms. The molecule has 0 saturated carbocycles. The van der Waals surface area contributed by atoms with E-state index in [1.165, 1.54) is 37.3 Å². The Morgan fingerprint density at radius 1 is 1.00 bits per heavy atom. The highest BCUT2D eigenvalue weighted by Crippen LogP contribution is 2.24. The third kappa shape index (κ3) is 5.68. The molecule has 0 spiro atoms. The molecule has 0 aliphatic carbocycles. The summed E-state index contributed by atoms with van der Waals surface area (Å²) in [4.78, 5) is 35.0. The molecular formula is C20H18N2O5. The number of rotatable bonds is 5. The van der Waals surface area contributed by atoms with Gasteiger partial charge in [-0.3, -0.25) is 9.59 Å². The first-order valence-corrected chi connectivity index (χ1v) is 8.15. The van der Waals surface area contributed by atoms with Gasteiger partial charge in [0.15, 0.2) is 0 Å². The Labute approximate surface area is 156 Å². The molecule has 0 fully saturated rings. The van der Waals surface area contributed by atoms with Gasteiger partial charge >= 0.3 is 11.9 Å². The van der Waals surface area contributed by atoms with Crippen LogP contribution in [0.4, 0.5) is 5.69 Å². The van der Waals surface area contributed by atoms with Crippen LogP contribution in [0, 0.1) is 17.2 Å². The van der Waals surface area contributed by atoms with E-state index in [1.54, 1.807) is 26.0 Å². The molecule has 0 heterocycles. The van der Waals surface area contributed by atoms with Gasteiger partial charge in [-0.25, -0.2) is 4.79 Å². The molecule has 2 aromatic carbocycles. The summed E-state index contributed by atoms with van der Waals surface area (Å²) in [5, 5.41) is 11.8. The molecule has 27 heavy (non-hydrogen) atoms. The predicted octanol–water partition coefficient (Wildman–Crippen LogP) is 3.30. The molecule has 0 aliphatic heterocycles. The summed E-state index contributed by atoms with van der Waals surface area (Å²) in [7, 11) is 0. The second-order valence-electron chi connectivity index (χ2n) is 6.01. The number of amides is 1. The van der Waals surface area contributed by atoms with Gasteiger partial charge in [-0.2, -0.15) is 5.26 Å². The van der Waals surface area contributed by atoms with Gasteiger partial charge in [0.25, 0.3) is 0 Å². The van der Waals surface area contributed by atoms with Gasteiger partial charge in [0.1, 0.15) is 11.5 Å². The summed E-state index contributed by atoms with van der Waals surface area (Å²) in [6, 6.07) is 12.2.